The average molecular weight is 504 g/mol. The molecule has 0 radical (unpaired) electrons. The first-order valence-electron chi connectivity index (χ1n) is 12.4. The van der Waals surface area contributed by atoms with E-state index in [0.29, 0.717) is 46.0 Å². The van der Waals surface area contributed by atoms with Gasteiger partial charge in [-0.3, -0.25) is 9.78 Å². The standard InChI is InChI=1S/C28H30ClN5O2/c1-17-11-18(2)13-19(12-17)26-27(36-10-6-20-5-3-4-7-31-20)21-14-24(33-25-16-30-8-9-32-25)22(29)15-23(21)34-28(26)35/h8-9,11-16,20,31H,3-7,10H2,1-2H3,(H,32,33)(H,34,35). The van der Waals surface area contributed by atoms with Gasteiger partial charge in [-0.2, -0.15) is 0 Å². The number of aryl methyl sites for hydroxylation is 2. The van der Waals surface area contributed by atoms with Gasteiger partial charge in [0.1, 0.15) is 11.6 Å². The first kappa shape index (κ1) is 24.3. The molecule has 1 atom stereocenters. The van der Waals surface area contributed by atoms with Crippen molar-refractivity contribution < 1.29 is 4.74 Å². The number of H-pyrrole nitrogens is 1. The molecule has 1 fully saturated rings. The number of nitrogens with one attached hydrogen (secondary N) is 3. The van der Waals surface area contributed by atoms with E-state index in [9.17, 15) is 4.79 Å². The summed E-state index contributed by atoms with van der Waals surface area (Å²) in [6.07, 6.45) is 9.32. The van der Waals surface area contributed by atoms with Gasteiger partial charge in [-0.1, -0.05) is 47.3 Å². The monoisotopic (exact) mass is 503 g/mol. The molecule has 0 spiro atoms. The number of anilines is 2. The zero-order valence-corrected chi connectivity index (χ0v) is 21.3. The van der Waals surface area contributed by atoms with E-state index in [0.717, 1.165) is 41.5 Å². The molecule has 5 rings (SSSR count). The number of benzene rings is 2. The third kappa shape index (κ3) is 5.37. The van der Waals surface area contributed by atoms with Gasteiger partial charge in [-0.05, 0) is 57.4 Å². The Bertz CT molecular complexity index is 1410. The van der Waals surface area contributed by atoms with Gasteiger partial charge in [0, 0.05) is 23.8 Å². The SMILES string of the molecule is Cc1cc(C)cc(-c2c(OCCC3CCCCN3)c3cc(Nc4cnccn4)c(Cl)cc3[nH]c2=O)c1. The van der Waals surface area contributed by atoms with Crippen LogP contribution >= 0.6 is 11.6 Å². The second kappa shape index (κ2) is 10.7. The van der Waals surface area contributed by atoms with Crippen molar-refractivity contribution in [1.82, 2.24) is 20.3 Å². The highest BCUT2D eigenvalue weighted by Gasteiger charge is 2.20. The molecule has 0 aliphatic carbocycles. The number of nitrogens with zero attached hydrogens (tertiary/aromatic N) is 2. The van der Waals surface area contributed by atoms with Crippen LogP contribution in [0.15, 0.2) is 53.7 Å². The maximum absolute atomic E-state index is 13.4. The molecule has 3 heterocycles. The number of aromatic amines is 1. The Labute approximate surface area is 215 Å². The van der Waals surface area contributed by atoms with Crippen molar-refractivity contribution in [2.75, 3.05) is 18.5 Å². The highest BCUT2D eigenvalue weighted by atomic mass is 35.5. The Hall–Kier alpha value is -3.42. The summed E-state index contributed by atoms with van der Waals surface area (Å²) in [6, 6.07) is 10.2. The van der Waals surface area contributed by atoms with Gasteiger partial charge in [-0.15, -0.1) is 0 Å². The number of piperidine rings is 1. The van der Waals surface area contributed by atoms with Gasteiger partial charge in [0.05, 0.1) is 34.6 Å². The minimum absolute atomic E-state index is 0.205. The van der Waals surface area contributed by atoms with Crippen LogP contribution in [-0.2, 0) is 0 Å². The first-order chi connectivity index (χ1) is 17.5. The molecule has 0 saturated carbocycles. The molecule has 1 unspecified atom stereocenters. The number of hydrogen-bond acceptors (Lipinski definition) is 6. The molecule has 0 bridgehead atoms. The van der Waals surface area contributed by atoms with Crippen molar-refractivity contribution in [2.45, 2.75) is 45.6 Å². The van der Waals surface area contributed by atoms with E-state index >= 15 is 0 Å². The summed E-state index contributed by atoms with van der Waals surface area (Å²) < 4.78 is 6.45. The Morgan fingerprint density at radius 3 is 2.67 bits per heavy atom. The summed E-state index contributed by atoms with van der Waals surface area (Å²) in [5, 5.41) is 8.03. The summed E-state index contributed by atoms with van der Waals surface area (Å²) in [6.45, 7) is 5.61. The predicted octanol–water partition coefficient (Wildman–Crippen LogP) is 5.91. The zero-order valence-electron chi connectivity index (χ0n) is 20.5. The normalized spacial score (nSPS) is 15.7. The number of halogens is 1. The number of rotatable bonds is 7. The van der Waals surface area contributed by atoms with Crippen molar-refractivity contribution >= 4 is 34.0 Å². The van der Waals surface area contributed by atoms with Crippen molar-refractivity contribution in [3.8, 4) is 16.9 Å². The first-order valence-corrected chi connectivity index (χ1v) is 12.7. The summed E-state index contributed by atoms with van der Waals surface area (Å²) in [5.41, 5.74) is 4.60. The van der Waals surface area contributed by atoms with Crippen LogP contribution in [0, 0.1) is 13.8 Å². The molecule has 1 saturated heterocycles. The van der Waals surface area contributed by atoms with E-state index in [1.54, 1.807) is 24.7 Å². The van der Waals surface area contributed by atoms with Crippen LogP contribution < -0.4 is 20.9 Å². The molecule has 2 aromatic heterocycles. The average Bonchev–Trinajstić information content (AvgIpc) is 2.85. The minimum atomic E-state index is -0.205. The molecule has 7 nitrogen and oxygen atoms in total. The minimum Gasteiger partial charge on any atom is -0.492 e. The molecular weight excluding hydrogens is 474 g/mol. The fraction of sp³-hybridized carbons (Fsp3) is 0.321. The highest BCUT2D eigenvalue weighted by Crippen LogP contribution is 2.38. The largest absolute Gasteiger partial charge is 0.492 e. The molecule has 36 heavy (non-hydrogen) atoms. The van der Waals surface area contributed by atoms with Crippen LogP contribution in [0.5, 0.6) is 5.75 Å². The molecule has 186 valence electrons. The van der Waals surface area contributed by atoms with E-state index in [4.69, 9.17) is 16.3 Å². The number of aromatic nitrogens is 3. The van der Waals surface area contributed by atoms with Crippen LogP contribution in [0.3, 0.4) is 0 Å². The molecule has 2 aromatic carbocycles. The van der Waals surface area contributed by atoms with E-state index < -0.39 is 0 Å². The number of ether oxygens (including phenoxy) is 1. The summed E-state index contributed by atoms with van der Waals surface area (Å²) in [5.74, 6) is 1.14. The number of pyridine rings is 1. The van der Waals surface area contributed by atoms with Gasteiger partial charge in [0.2, 0.25) is 0 Å². The summed E-state index contributed by atoms with van der Waals surface area (Å²) >= 11 is 6.58. The fourth-order valence-corrected chi connectivity index (χ4v) is 5.10. The lowest BCUT2D eigenvalue weighted by Crippen LogP contribution is -2.35. The van der Waals surface area contributed by atoms with Gasteiger partial charge in [-0.25, -0.2) is 4.98 Å². The van der Waals surface area contributed by atoms with Crippen LogP contribution in [0.2, 0.25) is 5.02 Å². The second-order valence-electron chi connectivity index (χ2n) is 9.41. The van der Waals surface area contributed by atoms with Crippen molar-refractivity contribution in [1.29, 1.82) is 0 Å². The third-order valence-electron chi connectivity index (χ3n) is 6.52. The number of fused-ring (bicyclic) bond motifs is 1. The van der Waals surface area contributed by atoms with Crippen molar-refractivity contribution in [3.05, 3.63) is 75.4 Å². The lowest BCUT2D eigenvalue weighted by Gasteiger charge is -2.24. The maximum atomic E-state index is 13.4. The molecular formula is C28H30ClN5O2. The van der Waals surface area contributed by atoms with Crippen LogP contribution in [0.1, 0.15) is 36.8 Å². The Morgan fingerprint density at radius 2 is 1.94 bits per heavy atom. The van der Waals surface area contributed by atoms with E-state index in [1.165, 1.54) is 12.8 Å². The summed E-state index contributed by atoms with van der Waals surface area (Å²) in [7, 11) is 0. The van der Waals surface area contributed by atoms with Gasteiger partial charge in [0.25, 0.3) is 5.56 Å². The topological polar surface area (TPSA) is 91.9 Å². The second-order valence-corrected chi connectivity index (χ2v) is 9.82. The zero-order chi connectivity index (χ0) is 25.1. The van der Waals surface area contributed by atoms with Crippen molar-refractivity contribution in [3.63, 3.8) is 0 Å². The van der Waals surface area contributed by atoms with E-state index in [1.807, 2.05) is 32.0 Å². The quantitative estimate of drug-likeness (QED) is 0.290. The fourth-order valence-electron chi connectivity index (χ4n) is 4.89. The molecule has 3 N–H and O–H groups in total. The van der Waals surface area contributed by atoms with Gasteiger partial charge >= 0.3 is 0 Å². The van der Waals surface area contributed by atoms with E-state index in [2.05, 4.69) is 31.7 Å². The Kier molecular flexibility index (Phi) is 7.20. The molecule has 1 aliphatic rings. The van der Waals surface area contributed by atoms with Gasteiger partial charge in [0.15, 0.2) is 0 Å². The lowest BCUT2D eigenvalue weighted by molar-refractivity contribution is 0.271. The number of hydrogen-bond donors (Lipinski definition) is 3. The summed E-state index contributed by atoms with van der Waals surface area (Å²) in [4.78, 5) is 24.8. The van der Waals surface area contributed by atoms with Crippen LogP contribution in [0.4, 0.5) is 11.5 Å². The third-order valence-corrected chi connectivity index (χ3v) is 6.83. The molecule has 4 aromatic rings. The molecule has 1 aliphatic heterocycles. The Balaban J connectivity index is 1.61. The highest BCUT2D eigenvalue weighted by molar-refractivity contribution is 6.34. The lowest BCUT2D eigenvalue weighted by atomic mass is 9.99. The Morgan fingerprint density at radius 1 is 1.11 bits per heavy atom. The molecule has 8 heteroatoms. The van der Waals surface area contributed by atoms with Crippen LogP contribution in [-0.4, -0.2) is 34.1 Å². The smallest absolute Gasteiger partial charge is 0.260 e. The molecule has 0 amide bonds. The van der Waals surface area contributed by atoms with Gasteiger partial charge < -0.3 is 20.4 Å². The van der Waals surface area contributed by atoms with Crippen LogP contribution in [0.25, 0.3) is 22.0 Å². The predicted molar refractivity (Wildman–Crippen MR) is 146 cm³/mol. The van der Waals surface area contributed by atoms with E-state index in [-0.39, 0.29) is 5.56 Å². The van der Waals surface area contributed by atoms with Crippen molar-refractivity contribution in [2.24, 2.45) is 0 Å². The maximum Gasteiger partial charge on any atom is 0.260 e.